The van der Waals surface area contributed by atoms with E-state index < -0.39 is 19.9 Å². The van der Waals surface area contributed by atoms with Gasteiger partial charge in [-0.1, -0.05) is 24.3 Å². The molecule has 27 heavy (non-hydrogen) atoms. The van der Waals surface area contributed by atoms with Gasteiger partial charge >= 0.3 is 0 Å². The van der Waals surface area contributed by atoms with E-state index in [0.29, 0.717) is 11.1 Å². The van der Waals surface area contributed by atoms with Crippen LogP contribution in [-0.4, -0.2) is 40.9 Å². The van der Waals surface area contributed by atoms with Crippen molar-refractivity contribution in [1.29, 1.82) is 0 Å². The Morgan fingerprint density at radius 2 is 1.67 bits per heavy atom. The summed E-state index contributed by atoms with van der Waals surface area (Å²) in [5.74, 6) is -0.407. The molecule has 0 bridgehead atoms. The molecule has 2 aromatic rings. The van der Waals surface area contributed by atoms with E-state index in [1.165, 1.54) is 17.0 Å². The molecule has 0 aliphatic carbocycles. The quantitative estimate of drug-likeness (QED) is 0.778. The number of benzene rings is 2. The molecule has 2 N–H and O–H groups in total. The van der Waals surface area contributed by atoms with Gasteiger partial charge < -0.3 is 4.90 Å². The van der Waals surface area contributed by atoms with Crippen molar-refractivity contribution in [2.24, 2.45) is 5.14 Å². The number of hydrogen-bond acceptors (Lipinski definition) is 5. The highest BCUT2D eigenvalue weighted by Crippen LogP contribution is 2.22. The first-order valence-corrected chi connectivity index (χ1v) is 11.7. The van der Waals surface area contributed by atoms with Crippen LogP contribution < -0.4 is 5.14 Å². The topological polar surface area (TPSA) is 115 Å². The highest BCUT2D eigenvalue weighted by Gasteiger charge is 2.20. The molecule has 0 aliphatic rings. The van der Waals surface area contributed by atoms with Crippen molar-refractivity contribution < 1.29 is 21.6 Å². The standard InChI is InChI=1S/C18H22N2O5S2/c1-13(15-7-9-17(10-8-15)27(19,24)25)20(2)18(21)16-6-4-5-14(11-16)12-26(3,22)23/h4-11,13H,12H2,1-3H3,(H2,19,24,25). The lowest BCUT2D eigenvalue weighted by Gasteiger charge is -2.25. The van der Waals surface area contributed by atoms with Crippen molar-refractivity contribution in [3.63, 3.8) is 0 Å². The lowest BCUT2D eigenvalue weighted by Crippen LogP contribution is -2.29. The first-order chi connectivity index (χ1) is 12.4. The van der Waals surface area contributed by atoms with Gasteiger partial charge in [-0.25, -0.2) is 22.0 Å². The van der Waals surface area contributed by atoms with Gasteiger partial charge in [-0.2, -0.15) is 0 Å². The van der Waals surface area contributed by atoms with Crippen LogP contribution in [0, 0.1) is 0 Å². The molecule has 0 aromatic heterocycles. The fraction of sp³-hybridized carbons (Fsp3) is 0.278. The summed E-state index contributed by atoms with van der Waals surface area (Å²) in [6, 6.07) is 12.2. The van der Waals surface area contributed by atoms with Crippen LogP contribution in [0.3, 0.4) is 0 Å². The van der Waals surface area contributed by atoms with Crippen LogP contribution >= 0.6 is 0 Å². The molecule has 7 nitrogen and oxygen atoms in total. The van der Waals surface area contributed by atoms with Crippen LogP contribution in [0.1, 0.15) is 34.5 Å². The van der Waals surface area contributed by atoms with Gasteiger partial charge in [0.25, 0.3) is 5.91 Å². The SMILES string of the molecule is CC(c1ccc(S(N)(=O)=O)cc1)N(C)C(=O)c1cccc(CS(C)(=O)=O)c1. The van der Waals surface area contributed by atoms with Crippen molar-refractivity contribution in [3.8, 4) is 0 Å². The Bertz CT molecular complexity index is 1050. The van der Waals surface area contributed by atoms with Crippen molar-refractivity contribution in [2.45, 2.75) is 23.6 Å². The zero-order valence-corrected chi connectivity index (χ0v) is 16.9. The van der Waals surface area contributed by atoms with Crippen LogP contribution in [0.4, 0.5) is 0 Å². The Labute approximate surface area is 159 Å². The second kappa shape index (κ2) is 7.79. The second-order valence-electron chi connectivity index (χ2n) is 6.48. The molecule has 0 fully saturated rings. The van der Waals surface area contributed by atoms with Crippen molar-refractivity contribution in [1.82, 2.24) is 4.90 Å². The minimum Gasteiger partial charge on any atom is -0.335 e. The maximum atomic E-state index is 12.8. The van der Waals surface area contributed by atoms with Crippen LogP contribution in [0.2, 0.25) is 0 Å². The summed E-state index contributed by atoms with van der Waals surface area (Å²) in [7, 11) is -5.35. The Kier molecular flexibility index (Phi) is 6.08. The smallest absolute Gasteiger partial charge is 0.254 e. The molecule has 0 heterocycles. The van der Waals surface area contributed by atoms with E-state index in [0.717, 1.165) is 11.8 Å². The van der Waals surface area contributed by atoms with Gasteiger partial charge in [0.1, 0.15) is 0 Å². The minimum absolute atomic E-state index is 0.000839. The summed E-state index contributed by atoms with van der Waals surface area (Å²) in [4.78, 5) is 14.3. The molecule has 9 heteroatoms. The molecule has 2 rings (SSSR count). The summed E-state index contributed by atoms with van der Waals surface area (Å²) in [5.41, 5.74) is 1.67. The predicted molar refractivity (Wildman–Crippen MR) is 103 cm³/mol. The highest BCUT2D eigenvalue weighted by atomic mass is 32.2. The van der Waals surface area contributed by atoms with Crippen LogP contribution in [0.15, 0.2) is 53.4 Å². The Hall–Kier alpha value is -2.23. The van der Waals surface area contributed by atoms with Gasteiger partial charge in [0.05, 0.1) is 16.7 Å². The number of carbonyl (C=O) groups is 1. The van der Waals surface area contributed by atoms with Gasteiger partial charge in [-0.15, -0.1) is 0 Å². The predicted octanol–water partition coefficient (Wildman–Crippen LogP) is 1.71. The van der Waals surface area contributed by atoms with E-state index in [2.05, 4.69) is 0 Å². The number of sulfone groups is 1. The van der Waals surface area contributed by atoms with E-state index >= 15 is 0 Å². The summed E-state index contributed by atoms with van der Waals surface area (Å²) < 4.78 is 45.6. The molecule has 0 spiro atoms. The van der Waals surface area contributed by atoms with Gasteiger partial charge in [-0.05, 0) is 42.3 Å². The normalized spacial score (nSPS) is 13.2. The Morgan fingerprint density at radius 3 is 2.19 bits per heavy atom. The summed E-state index contributed by atoms with van der Waals surface area (Å²) in [6.07, 6.45) is 1.14. The lowest BCUT2D eigenvalue weighted by molar-refractivity contribution is 0.0742. The fourth-order valence-corrected chi connectivity index (χ4v) is 3.94. The third kappa shape index (κ3) is 5.62. The number of nitrogens with zero attached hydrogens (tertiary/aromatic N) is 1. The zero-order chi connectivity index (χ0) is 20.4. The largest absolute Gasteiger partial charge is 0.335 e. The van der Waals surface area contributed by atoms with Gasteiger partial charge in [0, 0.05) is 18.9 Å². The average Bonchev–Trinajstić information content (AvgIpc) is 2.58. The summed E-state index contributed by atoms with van der Waals surface area (Å²) in [6.45, 7) is 1.81. The maximum absolute atomic E-state index is 12.8. The molecule has 0 radical (unpaired) electrons. The molecule has 0 saturated carbocycles. The Morgan fingerprint density at radius 1 is 1.07 bits per heavy atom. The average molecular weight is 411 g/mol. The highest BCUT2D eigenvalue weighted by molar-refractivity contribution is 7.90. The molecular formula is C18H22N2O5S2. The molecule has 2 aromatic carbocycles. The second-order valence-corrected chi connectivity index (χ2v) is 10.2. The van der Waals surface area contributed by atoms with Crippen LogP contribution in [0.5, 0.6) is 0 Å². The maximum Gasteiger partial charge on any atom is 0.254 e. The van der Waals surface area contributed by atoms with Gasteiger partial charge in [0.15, 0.2) is 9.84 Å². The van der Waals surface area contributed by atoms with Gasteiger partial charge in [-0.3, -0.25) is 4.79 Å². The molecule has 1 unspecified atom stereocenters. The number of amides is 1. The van der Waals surface area contributed by atoms with E-state index in [-0.39, 0.29) is 22.6 Å². The molecule has 146 valence electrons. The van der Waals surface area contributed by atoms with Crippen molar-refractivity contribution in [2.75, 3.05) is 13.3 Å². The molecule has 0 saturated heterocycles. The number of primary sulfonamides is 1. The molecule has 1 atom stereocenters. The summed E-state index contributed by atoms with van der Waals surface area (Å²) >= 11 is 0. The number of nitrogens with two attached hydrogens (primary N) is 1. The number of carbonyl (C=O) groups excluding carboxylic acids is 1. The van der Waals surface area contributed by atoms with Crippen molar-refractivity contribution >= 4 is 25.8 Å². The van der Waals surface area contributed by atoms with E-state index in [9.17, 15) is 21.6 Å². The fourth-order valence-electron chi connectivity index (χ4n) is 2.64. The van der Waals surface area contributed by atoms with Crippen LogP contribution in [0.25, 0.3) is 0 Å². The number of sulfonamides is 1. The summed E-state index contributed by atoms with van der Waals surface area (Å²) in [5, 5.41) is 5.09. The first kappa shape index (κ1) is 21.1. The first-order valence-electron chi connectivity index (χ1n) is 8.05. The van der Waals surface area contributed by atoms with E-state index in [1.807, 2.05) is 6.92 Å². The van der Waals surface area contributed by atoms with E-state index in [4.69, 9.17) is 5.14 Å². The van der Waals surface area contributed by atoms with E-state index in [1.54, 1.807) is 43.4 Å². The number of rotatable bonds is 6. The molecule has 1 amide bonds. The van der Waals surface area contributed by atoms with Crippen molar-refractivity contribution in [3.05, 3.63) is 65.2 Å². The minimum atomic E-state index is -3.77. The zero-order valence-electron chi connectivity index (χ0n) is 15.3. The molecule has 0 aliphatic heterocycles. The third-order valence-corrected chi connectivity index (χ3v) is 5.98. The third-order valence-electron chi connectivity index (χ3n) is 4.20. The van der Waals surface area contributed by atoms with Crippen LogP contribution in [-0.2, 0) is 25.6 Å². The lowest BCUT2D eigenvalue weighted by atomic mass is 10.1. The number of hydrogen-bond donors (Lipinski definition) is 1. The van der Waals surface area contributed by atoms with Gasteiger partial charge in [0.2, 0.25) is 10.0 Å². The Balaban J connectivity index is 2.22. The molecular weight excluding hydrogens is 388 g/mol. The monoisotopic (exact) mass is 410 g/mol.